The predicted octanol–water partition coefficient (Wildman–Crippen LogP) is 1.74. The van der Waals surface area contributed by atoms with Gasteiger partial charge in [-0.25, -0.2) is 19.0 Å². The SMILES string of the molecule is CC[C@@]1(O)C(=O)OCc2c1cc1n(c2=O)Cc2c-1nc1cc(F)c(C)c3c1c2[C@@H](NC(=O)COCCOC(N)=O)CC3. The predicted molar refractivity (Wildman–Crippen MR) is 145 cm³/mol. The lowest BCUT2D eigenvalue weighted by Crippen LogP contribution is -2.44. The number of aliphatic hydroxyl groups is 1. The number of aromatic nitrogens is 2. The third kappa shape index (κ3) is 4.22. The molecule has 13 heteroatoms. The number of benzene rings is 1. The molecule has 6 rings (SSSR count). The van der Waals surface area contributed by atoms with Crippen LogP contribution in [0.1, 0.15) is 59.2 Å². The second-order valence-corrected chi connectivity index (χ2v) is 10.7. The number of carbonyl (C=O) groups excluding carboxylic acids is 3. The summed E-state index contributed by atoms with van der Waals surface area (Å²) in [7, 11) is 0. The van der Waals surface area contributed by atoms with E-state index in [-0.39, 0.29) is 50.5 Å². The van der Waals surface area contributed by atoms with Gasteiger partial charge in [0.25, 0.3) is 5.56 Å². The first kappa shape index (κ1) is 27.8. The summed E-state index contributed by atoms with van der Waals surface area (Å²) in [6, 6.07) is 2.46. The Labute approximate surface area is 238 Å². The molecule has 2 amide bonds. The van der Waals surface area contributed by atoms with E-state index in [0.29, 0.717) is 40.9 Å². The van der Waals surface area contributed by atoms with Crippen molar-refractivity contribution in [2.45, 2.75) is 57.9 Å². The Morgan fingerprint density at radius 3 is 2.79 bits per heavy atom. The second kappa shape index (κ2) is 10.2. The highest BCUT2D eigenvalue weighted by Gasteiger charge is 2.46. The zero-order valence-corrected chi connectivity index (χ0v) is 23.0. The summed E-state index contributed by atoms with van der Waals surface area (Å²) in [5.74, 6) is -1.64. The highest BCUT2D eigenvalue weighted by atomic mass is 19.1. The average molecular weight is 581 g/mol. The number of pyridine rings is 2. The van der Waals surface area contributed by atoms with Gasteiger partial charge in [-0.15, -0.1) is 0 Å². The lowest BCUT2D eigenvalue weighted by molar-refractivity contribution is -0.172. The number of nitrogens with one attached hydrogen (secondary N) is 1. The zero-order valence-electron chi connectivity index (χ0n) is 23.0. The monoisotopic (exact) mass is 580 g/mol. The van der Waals surface area contributed by atoms with Crippen LogP contribution < -0.4 is 16.6 Å². The van der Waals surface area contributed by atoms with E-state index in [2.05, 4.69) is 10.1 Å². The minimum absolute atomic E-state index is 0.00363. The second-order valence-electron chi connectivity index (χ2n) is 10.7. The fraction of sp³-hybridized carbons (Fsp3) is 0.414. The first-order valence-electron chi connectivity index (χ1n) is 13.7. The molecule has 0 radical (unpaired) electrons. The molecule has 3 aliphatic rings. The van der Waals surface area contributed by atoms with Gasteiger partial charge in [0.1, 0.15) is 25.6 Å². The van der Waals surface area contributed by atoms with Crippen LogP contribution in [0.2, 0.25) is 0 Å². The number of amides is 2. The van der Waals surface area contributed by atoms with Crippen LogP contribution in [0.15, 0.2) is 16.9 Å². The number of fused-ring (bicyclic) bond motifs is 5. The van der Waals surface area contributed by atoms with Gasteiger partial charge in [-0.05, 0) is 48.9 Å². The number of nitrogens with two attached hydrogens (primary N) is 1. The number of halogens is 1. The number of rotatable bonds is 7. The zero-order chi connectivity index (χ0) is 29.9. The van der Waals surface area contributed by atoms with E-state index in [9.17, 15) is 24.3 Å². The number of aryl methyl sites for hydroxylation is 1. The van der Waals surface area contributed by atoms with Crippen molar-refractivity contribution in [1.29, 1.82) is 0 Å². The third-order valence-corrected chi connectivity index (χ3v) is 8.42. The molecule has 42 heavy (non-hydrogen) atoms. The van der Waals surface area contributed by atoms with Crippen molar-refractivity contribution in [3.63, 3.8) is 0 Å². The van der Waals surface area contributed by atoms with Gasteiger partial charge in [-0.2, -0.15) is 0 Å². The van der Waals surface area contributed by atoms with Gasteiger partial charge in [0.05, 0.1) is 41.7 Å². The van der Waals surface area contributed by atoms with Gasteiger partial charge >= 0.3 is 12.1 Å². The summed E-state index contributed by atoms with van der Waals surface area (Å²) in [6.07, 6.45) is 0.0317. The van der Waals surface area contributed by atoms with Gasteiger partial charge in [0.15, 0.2) is 5.60 Å². The average Bonchev–Trinajstić information content (AvgIpc) is 3.32. The maximum atomic E-state index is 15.0. The summed E-state index contributed by atoms with van der Waals surface area (Å²) in [5.41, 5.74) is 6.82. The maximum Gasteiger partial charge on any atom is 0.404 e. The van der Waals surface area contributed by atoms with Gasteiger partial charge in [-0.3, -0.25) is 9.59 Å². The Kier molecular flexibility index (Phi) is 6.73. The van der Waals surface area contributed by atoms with Gasteiger partial charge in [-0.1, -0.05) is 6.92 Å². The van der Waals surface area contributed by atoms with Crippen LogP contribution in [-0.2, 0) is 49.0 Å². The minimum Gasteiger partial charge on any atom is -0.458 e. The van der Waals surface area contributed by atoms with Crippen LogP contribution in [0.25, 0.3) is 22.3 Å². The van der Waals surface area contributed by atoms with Crippen LogP contribution in [-0.4, -0.2) is 52.4 Å². The van der Waals surface area contributed by atoms with Crippen molar-refractivity contribution in [3.05, 3.63) is 61.7 Å². The van der Waals surface area contributed by atoms with E-state index in [4.69, 9.17) is 20.2 Å². The Balaban J connectivity index is 1.45. The summed E-state index contributed by atoms with van der Waals surface area (Å²) in [5, 5.41) is 14.9. The maximum absolute atomic E-state index is 15.0. The molecule has 0 fully saturated rings. The molecule has 3 aromatic rings. The minimum atomic E-state index is -1.98. The van der Waals surface area contributed by atoms with Crippen molar-refractivity contribution in [2.75, 3.05) is 19.8 Å². The summed E-state index contributed by atoms with van der Waals surface area (Å²) in [6.45, 7) is 2.81. The molecule has 2 aliphatic heterocycles. The largest absolute Gasteiger partial charge is 0.458 e. The Hall–Kier alpha value is -4.36. The van der Waals surface area contributed by atoms with E-state index < -0.39 is 41.0 Å². The van der Waals surface area contributed by atoms with E-state index >= 15 is 4.39 Å². The van der Waals surface area contributed by atoms with Crippen LogP contribution in [0.4, 0.5) is 9.18 Å². The summed E-state index contributed by atoms with van der Waals surface area (Å²) in [4.78, 5) is 54.6. The van der Waals surface area contributed by atoms with Crippen molar-refractivity contribution in [1.82, 2.24) is 14.9 Å². The van der Waals surface area contributed by atoms with Crippen LogP contribution in [0.5, 0.6) is 0 Å². The van der Waals surface area contributed by atoms with E-state index in [1.807, 2.05) is 0 Å². The number of cyclic esters (lactones) is 1. The third-order valence-electron chi connectivity index (χ3n) is 8.42. The Morgan fingerprint density at radius 2 is 2.05 bits per heavy atom. The van der Waals surface area contributed by atoms with Gasteiger partial charge in [0.2, 0.25) is 5.91 Å². The quantitative estimate of drug-likeness (QED) is 0.217. The molecular formula is C29H29FN4O8. The first-order chi connectivity index (χ1) is 20.0. The van der Waals surface area contributed by atoms with Crippen molar-refractivity contribution < 1.29 is 38.1 Å². The number of hydrogen-bond donors (Lipinski definition) is 3. The van der Waals surface area contributed by atoms with E-state index in [1.54, 1.807) is 19.9 Å². The van der Waals surface area contributed by atoms with Crippen molar-refractivity contribution >= 4 is 28.9 Å². The van der Waals surface area contributed by atoms with Crippen LogP contribution >= 0.6 is 0 Å². The van der Waals surface area contributed by atoms with E-state index in [0.717, 1.165) is 16.5 Å². The van der Waals surface area contributed by atoms with E-state index in [1.165, 1.54) is 10.6 Å². The summed E-state index contributed by atoms with van der Waals surface area (Å²) >= 11 is 0. The smallest absolute Gasteiger partial charge is 0.404 e. The number of carbonyl (C=O) groups is 3. The molecule has 2 aromatic heterocycles. The van der Waals surface area contributed by atoms with Gasteiger partial charge in [0, 0.05) is 22.6 Å². The molecule has 220 valence electrons. The highest BCUT2D eigenvalue weighted by Crippen LogP contribution is 2.45. The molecule has 1 aromatic carbocycles. The number of nitrogens with zero attached hydrogens (tertiary/aromatic N) is 2. The molecule has 0 unspecified atom stereocenters. The van der Waals surface area contributed by atoms with Gasteiger partial charge < -0.3 is 34.9 Å². The highest BCUT2D eigenvalue weighted by molar-refractivity contribution is 5.94. The molecule has 1 aliphatic carbocycles. The molecule has 0 bridgehead atoms. The molecule has 0 saturated carbocycles. The van der Waals surface area contributed by atoms with Crippen molar-refractivity contribution in [3.8, 4) is 11.4 Å². The lowest BCUT2D eigenvalue weighted by atomic mass is 9.81. The molecular weight excluding hydrogens is 551 g/mol. The number of primary amides is 1. The van der Waals surface area contributed by atoms with Crippen LogP contribution in [0, 0.1) is 12.7 Å². The van der Waals surface area contributed by atoms with Crippen molar-refractivity contribution in [2.24, 2.45) is 5.73 Å². The molecule has 2 atom stereocenters. The molecule has 4 N–H and O–H groups in total. The fourth-order valence-electron chi connectivity index (χ4n) is 6.30. The standard InChI is InChI=1S/C29H29FN4O8/c1-3-29(39)17-8-21-25-15(10-34(21)26(36)16(17)11-42-27(29)37)24-19(32-22(35)12-40-6-7-41-28(31)38)5-4-14-13(2)18(30)9-20(33-25)23(14)24/h8-9,19,39H,3-7,10-12H2,1-2H3,(H2,31,38)(H,32,35)/t19-,29-/m0/s1. The normalized spacial score (nSPS) is 20.0. The number of ether oxygens (including phenoxy) is 3. The molecule has 0 spiro atoms. The number of hydrogen-bond acceptors (Lipinski definition) is 9. The molecule has 0 saturated heterocycles. The van der Waals surface area contributed by atoms with Crippen LogP contribution in [0.3, 0.4) is 0 Å². The Morgan fingerprint density at radius 1 is 1.26 bits per heavy atom. The first-order valence-corrected chi connectivity index (χ1v) is 13.7. The number of esters is 1. The molecule has 4 heterocycles. The Bertz CT molecular complexity index is 1750. The lowest BCUT2D eigenvalue weighted by Gasteiger charge is -2.31. The molecule has 12 nitrogen and oxygen atoms in total. The fourth-order valence-corrected chi connectivity index (χ4v) is 6.30. The topological polar surface area (TPSA) is 172 Å². The summed E-state index contributed by atoms with van der Waals surface area (Å²) < 4.78 is 31.6.